The fourth-order valence-corrected chi connectivity index (χ4v) is 5.07. The van der Waals surface area contributed by atoms with Gasteiger partial charge >= 0.3 is 5.97 Å². The smallest absolute Gasteiger partial charge is 0.326 e. The predicted molar refractivity (Wildman–Crippen MR) is 165 cm³/mol. The van der Waals surface area contributed by atoms with E-state index < -0.39 is 12.0 Å². The summed E-state index contributed by atoms with van der Waals surface area (Å²) in [5.41, 5.74) is 0. The Morgan fingerprint density at radius 3 is 1.32 bits per heavy atom. The van der Waals surface area contributed by atoms with Gasteiger partial charge in [0.2, 0.25) is 5.91 Å². The Balaban J connectivity index is 3.62. The number of hydrogen-bond acceptors (Lipinski definition) is 2. The average molecular weight is 536 g/mol. The first kappa shape index (κ1) is 36.7. The number of amides is 1. The van der Waals surface area contributed by atoms with Gasteiger partial charge < -0.3 is 10.4 Å². The van der Waals surface area contributed by atoms with Crippen molar-refractivity contribution in [3.05, 3.63) is 12.2 Å². The van der Waals surface area contributed by atoms with Crippen molar-refractivity contribution in [1.29, 1.82) is 0 Å². The molecule has 0 aromatic carbocycles. The fourth-order valence-electron chi connectivity index (χ4n) is 5.07. The van der Waals surface area contributed by atoms with E-state index in [1.807, 2.05) is 6.08 Å². The maximum absolute atomic E-state index is 12.2. The number of aliphatic carboxylic acids is 1. The van der Waals surface area contributed by atoms with E-state index in [0.29, 0.717) is 12.8 Å². The van der Waals surface area contributed by atoms with Crippen molar-refractivity contribution in [3.63, 3.8) is 0 Å². The Hall–Kier alpha value is -1.32. The van der Waals surface area contributed by atoms with E-state index in [4.69, 9.17) is 0 Å². The first-order chi connectivity index (χ1) is 18.6. The van der Waals surface area contributed by atoms with Crippen LogP contribution >= 0.6 is 0 Å². The lowest BCUT2D eigenvalue weighted by Gasteiger charge is -2.12. The molecular formula is C34H65NO3. The van der Waals surface area contributed by atoms with Gasteiger partial charge in [0.1, 0.15) is 6.04 Å². The van der Waals surface area contributed by atoms with Gasteiger partial charge in [0, 0.05) is 6.42 Å². The molecule has 0 aliphatic rings. The molecule has 0 saturated heterocycles. The summed E-state index contributed by atoms with van der Waals surface area (Å²) in [5, 5.41) is 12.2. The van der Waals surface area contributed by atoms with Crippen LogP contribution in [0.15, 0.2) is 12.2 Å². The van der Waals surface area contributed by atoms with E-state index in [0.717, 1.165) is 25.7 Å². The molecule has 1 amide bonds. The first-order valence-corrected chi connectivity index (χ1v) is 16.8. The second-order valence-corrected chi connectivity index (χ2v) is 11.5. The zero-order chi connectivity index (χ0) is 27.9. The number of nitrogens with one attached hydrogen (secondary N) is 1. The van der Waals surface area contributed by atoms with Gasteiger partial charge in [0.25, 0.3) is 0 Å². The fraction of sp³-hybridized carbons (Fsp3) is 0.882. The van der Waals surface area contributed by atoms with Crippen LogP contribution in [-0.2, 0) is 9.59 Å². The number of hydrogen-bond donors (Lipinski definition) is 2. The minimum Gasteiger partial charge on any atom is -0.480 e. The minimum atomic E-state index is -0.942. The highest BCUT2D eigenvalue weighted by Gasteiger charge is 2.17. The molecule has 4 heteroatoms. The van der Waals surface area contributed by atoms with Crippen LogP contribution in [0.3, 0.4) is 0 Å². The molecule has 2 N–H and O–H groups in total. The SMILES string of the molecule is CCCCCCCCCCCCC/C=C/CC(NC(=O)CCCCCCCCCCCCCCC)C(=O)O. The van der Waals surface area contributed by atoms with Crippen LogP contribution in [0.4, 0.5) is 0 Å². The highest BCUT2D eigenvalue weighted by Crippen LogP contribution is 2.14. The number of carbonyl (C=O) groups excluding carboxylic acids is 1. The highest BCUT2D eigenvalue weighted by atomic mass is 16.4. The number of rotatable bonds is 30. The first-order valence-electron chi connectivity index (χ1n) is 16.8. The van der Waals surface area contributed by atoms with E-state index >= 15 is 0 Å². The second kappa shape index (κ2) is 30.2. The third-order valence-corrected chi connectivity index (χ3v) is 7.65. The number of carboxylic acids is 1. The molecule has 0 spiro atoms. The summed E-state index contributed by atoms with van der Waals surface area (Å²) < 4.78 is 0. The number of carboxylic acid groups (broad SMARTS) is 1. The van der Waals surface area contributed by atoms with Crippen molar-refractivity contribution in [2.45, 2.75) is 193 Å². The van der Waals surface area contributed by atoms with Crippen LogP contribution in [-0.4, -0.2) is 23.0 Å². The zero-order valence-corrected chi connectivity index (χ0v) is 25.6. The lowest BCUT2D eigenvalue weighted by Crippen LogP contribution is -2.40. The minimum absolute atomic E-state index is 0.126. The molecule has 0 aliphatic heterocycles. The number of allylic oxidation sites excluding steroid dienone is 1. The van der Waals surface area contributed by atoms with E-state index in [1.54, 1.807) is 0 Å². The normalized spacial score (nSPS) is 12.3. The van der Waals surface area contributed by atoms with Gasteiger partial charge in [0.15, 0.2) is 0 Å². The summed E-state index contributed by atoms with van der Waals surface area (Å²) >= 11 is 0. The molecule has 38 heavy (non-hydrogen) atoms. The molecular weight excluding hydrogens is 470 g/mol. The molecule has 4 nitrogen and oxygen atoms in total. The van der Waals surface area contributed by atoms with Crippen molar-refractivity contribution in [2.24, 2.45) is 0 Å². The molecule has 224 valence electrons. The Kier molecular flexibility index (Phi) is 29.2. The van der Waals surface area contributed by atoms with E-state index in [2.05, 4.69) is 25.2 Å². The van der Waals surface area contributed by atoms with Crippen LogP contribution < -0.4 is 5.32 Å². The Bertz CT molecular complexity index is 546. The number of unbranched alkanes of at least 4 members (excludes halogenated alkanes) is 23. The van der Waals surface area contributed by atoms with Gasteiger partial charge in [-0.05, 0) is 25.7 Å². The van der Waals surface area contributed by atoms with E-state index in [9.17, 15) is 14.7 Å². The van der Waals surface area contributed by atoms with Crippen LogP contribution in [0.2, 0.25) is 0 Å². The molecule has 0 bridgehead atoms. The van der Waals surface area contributed by atoms with Gasteiger partial charge in [0.05, 0.1) is 0 Å². The molecule has 1 atom stereocenters. The summed E-state index contributed by atoms with van der Waals surface area (Å²) in [6.45, 7) is 4.53. The summed E-state index contributed by atoms with van der Waals surface area (Å²) in [6, 6.07) is -0.807. The molecule has 0 radical (unpaired) electrons. The second-order valence-electron chi connectivity index (χ2n) is 11.5. The molecule has 0 aromatic heterocycles. The van der Waals surface area contributed by atoms with Gasteiger partial charge in [-0.2, -0.15) is 0 Å². The zero-order valence-electron chi connectivity index (χ0n) is 25.6. The van der Waals surface area contributed by atoms with Crippen LogP contribution in [0, 0.1) is 0 Å². The largest absolute Gasteiger partial charge is 0.480 e. The highest BCUT2D eigenvalue weighted by molar-refractivity contribution is 5.83. The van der Waals surface area contributed by atoms with Crippen molar-refractivity contribution >= 4 is 11.9 Å². The van der Waals surface area contributed by atoms with Crippen molar-refractivity contribution in [3.8, 4) is 0 Å². The predicted octanol–water partition coefficient (Wildman–Crippen LogP) is 10.7. The van der Waals surface area contributed by atoms with E-state index in [1.165, 1.54) is 135 Å². The van der Waals surface area contributed by atoms with Gasteiger partial charge in [-0.3, -0.25) is 4.79 Å². The monoisotopic (exact) mass is 535 g/mol. The van der Waals surface area contributed by atoms with E-state index in [-0.39, 0.29) is 5.91 Å². The van der Waals surface area contributed by atoms with Crippen LogP contribution in [0.5, 0.6) is 0 Å². The lowest BCUT2D eigenvalue weighted by atomic mass is 10.0. The lowest BCUT2D eigenvalue weighted by molar-refractivity contribution is -0.141. The molecule has 0 heterocycles. The molecule has 0 saturated carbocycles. The third-order valence-electron chi connectivity index (χ3n) is 7.65. The van der Waals surface area contributed by atoms with Crippen molar-refractivity contribution in [1.82, 2.24) is 5.32 Å². The van der Waals surface area contributed by atoms with Gasteiger partial charge in [-0.1, -0.05) is 167 Å². The van der Waals surface area contributed by atoms with Crippen LogP contribution in [0.1, 0.15) is 187 Å². The van der Waals surface area contributed by atoms with Gasteiger partial charge in [-0.25, -0.2) is 4.79 Å². The van der Waals surface area contributed by atoms with Crippen LogP contribution in [0.25, 0.3) is 0 Å². The molecule has 0 rings (SSSR count). The quantitative estimate of drug-likeness (QED) is 0.0710. The molecule has 1 unspecified atom stereocenters. The Morgan fingerprint density at radius 1 is 0.553 bits per heavy atom. The molecule has 0 aromatic rings. The number of carbonyl (C=O) groups is 2. The van der Waals surface area contributed by atoms with Crippen molar-refractivity contribution in [2.75, 3.05) is 0 Å². The van der Waals surface area contributed by atoms with Crippen molar-refractivity contribution < 1.29 is 14.7 Å². The summed E-state index contributed by atoms with van der Waals surface area (Å²) in [4.78, 5) is 23.7. The maximum Gasteiger partial charge on any atom is 0.326 e. The maximum atomic E-state index is 12.2. The summed E-state index contributed by atoms with van der Waals surface area (Å²) in [6.07, 6.45) is 37.1. The standard InChI is InChI=1S/C34H65NO3/c1-3-5-7-9-11-13-15-17-19-20-22-24-26-28-30-32(34(37)38)35-33(36)31-29-27-25-23-21-18-16-14-12-10-8-6-4-2/h26,28,32H,3-25,27,29-31H2,1-2H3,(H,35,36)(H,37,38)/b28-26+. The molecule has 0 aliphatic carbocycles. The third kappa shape index (κ3) is 27.7. The summed E-state index contributed by atoms with van der Waals surface area (Å²) in [5.74, 6) is -1.07. The Labute approximate surface area is 237 Å². The topological polar surface area (TPSA) is 66.4 Å². The average Bonchev–Trinajstić information content (AvgIpc) is 2.90. The summed E-state index contributed by atoms with van der Waals surface area (Å²) in [7, 11) is 0. The Morgan fingerprint density at radius 2 is 0.921 bits per heavy atom. The molecule has 0 fully saturated rings. The van der Waals surface area contributed by atoms with Gasteiger partial charge in [-0.15, -0.1) is 0 Å².